The van der Waals surface area contributed by atoms with Crippen molar-refractivity contribution in [2.45, 2.75) is 33.2 Å². The Morgan fingerprint density at radius 1 is 1.15 bits per heavy atom. The van der Waals surface area contributed by atoms with Crippen molar-refractivity contribution in [3.8, 4) is 11.8 Å². The smallest absolute Gasteiger partial charge is 0.255 e. The normalized spacial score (nSPS) is 10.8. The van der Waals surface area contributed by atoms with E-state index < -0.39 is 0 Å². The Morgan fingerprint density at radius 3 is 2.63 bits per heavy atom. The van der Waals surface area contributed by atoms with Crippen LogP contribution >= 0.6 is 0 Å². The zero-order valence-electron chi connectivity index (χ0n) is 15.9. The van der Waals surface area contributed by atoms with Crippen LogP contribution in [0.3, 0.4) is 0 Å². The van der Waals surface area contributed by atoms with Gasteiger partial charge in [0.15, 0.2) is 0 Å². The minimum atomic E-state index is -0.187. The first kappa shape index (κ1) is 18.4. The van der Waals surface area contributed by atoms with Gasteiger partial charge in [-0.25, -0.2) is 0 Å². The van der Waals surface area contributed by atoms with Gasteiger partial charge in [-0.2, -0.15) is 5.10 Å². The van der Waals surface area contributed by atoms with Crippen LogP contribution in [-0.2, 0) is 5.54 Å². The van der Waals surface area contributed by atoms with Gasteiger partial charge in [-0.1, -0.05) is 17.9 Å². The summed E-state index contributed by atoms with van der Waals surface area (Å²) < 4.78 is 1.82. The average Bonchev–Trinajstić information content (AvgIpc) is 3.11. The van der Waals surface area contributed by atoms with Gasteiger partial charge in [0.1, 0.15) is 0 Å². The minimum absolute atomic E-state index is 0.137. The number of hydrogen-bond donors (Lipinski definition) is 1. The summed E-state index contributed by atoms with van der Waals surface area (Å²) in [5.74, 6) is 6.02. The van der Waals surface area contributed by atoms with Crippen molar-refractivity contribution in [3.63, 3.8) is 0 Å². The molecule has 2 aromatic heterocycles. The lowest BCUT2D eigenvalue weighted by Gasteiger charge is -2.18. The first-order valence-electron chi connectivity index (χ1n) is 8.72. The summed E-state index contributed by atoms with van der Waals surface area (Å²) in [6.45, 7) is 8.14. The Kier molecular flexibility index (Phi) is 5.09. The van der Waals surface area contributed by atoms with E-state index in [0.717, 1.165) is 16.7 Å². The lowest BCUT2D eigenvalue weighted by Crippen LogP contribution is -2.22. The van der Waals surface area contributed by atoms with Crippen LogP contribution in [0.25, 0.3) is 0 Å². The number of rotatable bonds is 2. The third kappa shape index (κ3) is 4.62. The van der Waals surface area contributed by atoms with Crippen LogP contribution in [0.15, 0.2) is 55.1 Å². The van der Waals surface area contributed by atoms with Crippen molar-refractivity contribution in [1.29, 1.82) is 0 Å². The molecule has 5 nitrogen and oxygen atoms in total. The quantitative estimate of drug-likeness (QED) is 0.705. The Hall–Kier alpha value is -3.39. The number of amides is 1. The molecule has 1 amide bonds. The van der Waals surface area contributed by atoms with E-state index in [1.165, 1.54) is 0 Å². The average molecular weight is 358 g/mol. The SMILES string of the molecule is Cc1ccc(C(=O)Nc2cnn(C(C)(C)C)c2)cc1C#Cc1cccnc1. The van der Waals surface area contributed by atoms with Gasteiger partial charge in [0.25, 0.3) is 5.91 Å². The second-order valence-electron chi connectivity index (χ2n) is 7.32. The molecule has 3 aromatic rings. The highest BCUT2D eigenvalue weighted by Crippen LogP contribution is 2.17. The fraction of sp³-hybridized carbons (Fsp3) is 0.227. The fourth-order valence-corrected chi connectivity index (χ4v) is 2.43. The maximum Gasteiger partial charge on any atom is 0.255 e. The van der Waals surface area contributed by atoms with Crippen LogP contribution in [0.2, 0.25) is 0 Å². The predicted octanol–water partition coefficient (Wildman–Crippen LogP) is 3.99. The maximum absolute atomic E-state index is 12.6. The Balaban J connectivity index is 1.80. The summed E-state index contributed by atoms with van der Waals surface area (Å²) in [5.41, 5.74) is 3.75. The molecule has 0 atom stereocenters. The van der Waals surface area contributed by atoms with Crippen molar-refractivity contribution in [2.24, 2.45) is 0 Å². The number of anilines is 1. The molecule has 0 spiro atoms. The third-order valence-corrected chi connectivity index (χ3v) is 4.03. The molecule has 0 aliphatic carbocycles. The molecule has 1 N–H and O–H groups in total. The number of nitrogens with one attached hydrogen (secondary N) is 1. The number of benzene rings is 1. The molecule has 2 heterocycles. The molecule has 0 aliphatic heterocycles. The number of pyridine rings is 1. The number of carbonyl (C=O) groups excluding carboxylic acids is 1. The van der Waals surface area contributed by atoms with Gasteiger partial charge < -0.3 is 5.32 Å². The van der Waals surface area contributed by atoms with Crippen LogP contribution in [0.4, 0.5) is 5.69 Å². The van der Waals surface area contributed by atoms with E-state index in [4.69, 9.17) is 0 Å². The van der Waals surface area contributed by atoms with Gasteiger partial charge in [0.2, 0.25) is 0 Å². The van der Waals surface area contributed by atoms with Crippen molar-refractivity contribution < 1.29 is 4.79 Å². The van der Waals surface area contributed by atoms with Crippen molar-refractivity contribution in [1.82, 2.24) is 14.8 Å². The Morgan fingerprint density at radius 2 is 1.96 bits per heavy atom. The molecule has 3 rings (SSSR count). The molecular formula is C22H22N4O. The number of hydrogen-bond acceptors (Lipinski definition) is 3. The highest BCUT2D eigenvalue weighted by molar-refractivity contribution is 6.04. The van der Waals surface area contributed by atoms with Crippen LogP contribution in [-0.4, -0.2) is 20.7 Å². The first-order valence-corrected chi connectivity index (χ1v) is 8.72. The lowest BCUT2D eigenvalue weighted by molar-refractivity contribution is 0.102. The van der Waals surface area contributed by atoms with Crippen LogP contribution in [0.1, 0.15) is 47.8 Å². The topological polar surface area (TPSA) is 59.8 Å². The van der Waals surface area contributed by atoms with Crippen LogP contribution < -0.4 is 5.32 Å². The van der Waals surface area contributed by atoms with E-state index in [1.807, 2.05) is 42.1 Å². The fourth-order valence-electron chi connectivity index (χ4n) is 2.43. The predicted molar refractivity (Wildman–Crippen MR) is 107 cm³/mol. The monoisotopic (exact) mass is 358 g/mol. The summed E-state index contributed by atoms with van der Waals surface area (Å²) in [6, 6.07) is 9.26. The van der Waals surface area contributed by atoms with E-state index in [9.17, 15) is 4.79 Å². The van der Waals surface area contributed by atoms with Gasteiger partial charge >= 0.3 is 0 Å². The lowest BCUT2D eigenvalue weighted by atomic mass is 10.0. The molecule has 0 unspecified atom stereocenters. The van der Waals surface area contributed by atoms with Gasteiger partial charge in [-0.05, 0) is 57.5 Å². The van der Waals surface area contributed by atoms with Crippen molar-refractivity contribution in [3.05, 3.63) is 77.4 Å². The molecule has 5 heteroatoms. The number of carbonyl (C=O) groups is 1. The van der Waals surface area contributed by atoms with Gasteiger partial charge in [-0.15, -0.1) is 0 Å². The second-order valence-corrected chi connectivity index (χ2v) is 7.32. The van der Waals surface area contributed by atoms with Gasteiger partial charge in [0.05, 0.1) is 17.4 Å². The Bertz CT molecular complexity index is 1020. The van der Waals surface area contributed by atoms with Gasteiger partial charge in [0, 0.05) is 35.3 Å². The van der Waals surface area contributed by atoms with Crippen LogP contribution in [0, 0.1) is 18.8 Å². The molecule has 0 aliphatic rings. The van der Waals surface area contributed by atoms with E-state index in [2.05, 4.69) is 48.0 Å². The zero-order chi connectivity index (χ0) is 19.4. The van der Waals surface area contributed by atoms with Crippen molar-refractivity contribution in [2.75, 3.05) is 5.32 Å². The number of aryl methyl sites for hydroxylation is 1. The summed E-state index contributed by atoms with van der Waals surface area (Å²) >= 11 is 0. The standard InChI is InChI=1S/C22H22N4O/c1-16-7-9-19(12-18(16)10-8-17-6-5-11-23-13-17)21(27)25-20-14-24-26(15-20)22(2,3)4/h5-7,9,11-15H,1-4H3,(H,25,27). The molecule has 136 valence electrons. The first-order chi connectivity index (χ1) is 12.8. The third-order valence-electron chi connectivity index (χ3n) is 4.03. The second kappa shape index (κ2) is 7.46. The molecule has 0 saturated carbocycles. The summed E-state index contributed by atoms with van der Waals surface area (Å²) in [4.78, 5) is 16.7. The van der Waals surface area contributed by atoms with Crippen molar-refractivity contribution >= 4 is 11.6 Å². The molecular weight excluding hydrogens is 336 g/mol. The van der Waals surface area contributed by atoms with Gasteiger partial charge in [-0.3, -0.25) is 14.5 Å². The van der Waals surface area contributed by atoms with E-state index in [0.29, 0.717) is 11.3 Å². The molecule has 1 aromatic carbocycles. The number of aromatic nitrogens is 3. The molecule has 0 saturated heterocycles. The summed E-state index contributed by atoms with van der Waals surface area (Å²) in [5, 5.41) is 7.19. The molecule has 0 bridgehead atoms. The molecule has 27 heavy (non-hydrogen) atoms. The zero-order valence-corrected chi connectivity index (χ0v) is 15.9. The summed E-state index contributed by atoms with van der Waals surface area (Å²) in [7, 11) is 0. The molecule has 0 fully saturated rings. The highest BCUT2D eigenvalue weighted by Gasteiger charge is 2.15. The minimum Gasteiger partial charge on any atom is -0.319 e. The van der Waals surface area contributed by atoms with Crippen LogP contribution in [0.5, 0.6) is 0 Å². The Labute approximate surface area is 159 Å². The number of nitrogens with zero attached hydrogens (tertiary/aromatic N) is 3. The summed E-state index contributed by atoms with van der Waals surface area (Å²) in [6.07, 6.45) is 6.91. The maximum atomic E-state index is 12.6. The van der Waals surface area contributed by atoms with E-state index in [1.54, 1.807) is 24.7 Å². The largest absolute Gasteiger partial charge is 0.319 e. The highest BCUT2D eigenvalue weighted by atomic mass is 16.1. The van der Waals surface area contributed by atoms with E-state index >= 15 is 0 Å². The van der Waals surface area contributed by atoms with E-state index in [-0.39, 0.29) is 11.4 Å². The molecule has 0 radical (unpaired) electrons.